The summed E-state index contributed by atoms with van der Waals surface area (Å²) in [7, 11) is 1.73. The van der Waals surface area contributed by atoms with Crippen molar-refractivity contribution in [2.75, 3.05) is 13.7 Å². The second-order valence-electron chi connectivity index (χ2n) is 6.74. The first-order valence-corrected chi connectivity index (χ1v) is 8.30. The minimum Gasteiger partial charge on any atom is -0.497 e. The van der Waals surface area contributed by atoms with Gasteiger partial charge in [-0.3, -0.25) is 0 Å². The molecule has 0 bridgehead atoms. The van der Waals surface area contributed by atoms with Crippen molar-refractivity contribution in [2.24, 2.45) is 5.92 Å². The van der Waals surface area contributed by atoms with Gasteiger partial charge in [-0.15, -0.1) is 0 Å². The molecule has 1 aromatic carbocycles. The standard InChI is InChI=1S/C18H27NO2/c1-21-18-7-3-5-14(11-18)15-9-16(10-15)19-12-13-4-2-6-17(20)8-13/h3,5,7,11,13,15-17,19-20H,2,4,6,8-10,12H2,1H3. The van der Waals surface area contributed by atoms with Gasteiger partial charge in [0.25, 0.3) is 0 Å². The van der Waals surface area contributed by atoms with Crippen LogP contribution in [0, 0.1) is 5.92 Å². The van der Waals surface area contributed by atoms with Crippen LogP contribution in [0.5, 0.6) is 5.75 Å². The van der Waals surface area contributed by atoms with Gasteiger partial charge in [-0.2, -0.15) is 0 Å². The molecule has 116 valence electrons. The zero-order valence-electron chi connectivity index (χ0n) is 12.9. The van der Waals surface area contributed by atoms with Crippen molar-refractivity contribution < 1.29 is 9.84 Å². The molecular formula is C18H27NO2. The number of aliphatic hydroxyl groups is 1. The first-order valence-electron chi connectivity index (χ1n) is 8.30. The lowest BCUT2D eigenvalue weighted by Crippen LogP contribution is -2.43. The van der Waals surface area contributed by atoms with E-state index < -0.39 is 0 Å². The van der Waals surface area contributed by atoms with Crippen LogP contribution in [-0.2, 0) is 0 Å². The van der Waals surface area contributed by atoms with Gasteiger partial charge in [-0.1, -0.05) is 18.6 Å². The molecule has 2 aliphatic rings. The number of nitrogens with one attached hydrogen (secondary N) is 1. The fraction of sp³-hybridized carbons (Fsp3) is 0.667. The van der Waals surface area contributed by atoms with Crippen molar-refractivity contribution in [3.05, 3.63) is 29.8 Å². The summed E-state index contributed by atoms with van der Waals surface area (Å²) >= 11 is 0. The molecule has 3 rings (SSSR count). The highest BCUT2D eigenvalue weighted by molar-refractivity contribution is 5.32. The maximum atomic E-state index is 9.72. The highest BCUT2D eigenvalue weighted by Crippen LogP contribution is 2.38. The van der Waals surface area contributed by atoms with E-state index in [0.717, 1.165) is 25.1 Å². The van der Waals surface area contributed by atoms with Crippen LogP contribution < -0.4 is 10.1 Å². The fourth-order valence-electron chi connectivity index (χ4n) is 3.73. The van der Waals surface area contributed by atoms with Crippen LogP contribution in [0.1, 0.15) is 50.0 Å². The number of hydrogen-bond acceptors (Lipinski definition) is 3. The molecule has 0 aliphatic heterocycles. The van der Waals surface area contributed by atoms with Crippen molar-refractivity contribution in [1.82, 2.24) is 5.32 Å². The number of ether oxygens (including phenoxy) is 1. The van der Waals surface area contributed by atoms with Crippen LogP contribution in [0.2, 0.25) is 0 Å². The zero-order chi connectivity index (χ0) is 14.7. The van der Waals surface area contributed by atoms with E-state index in [-0.39, 0.29) is 6.10 Å². The monoisotopic (exact) mass is 289 g/mol. The number of benzene rings is 1. The highest BCUT2D eigenvalue weighted by Gasteiger charge is 2.31. The van der Waals surface area contributed by atoms with Gasteiger partial charge in [-0.25, -0.2) is 0 Å². The number of aliphatic hydroxyl groups excluding tert-OH is 1. The molecule has 0 saturated heterocycles. The highest BCUT2D eigenvalue weighted by atomic mass is 16.5. The van der Waals surface area contributed by atoms with Crippen LogP contribution in [0.4, 0.5) is 0 Å². The van der Waals surface area contributed by atoms with Gasteiger partial charge in [-0.05, 0) is 68.2 Å². The van der Waals surface area contributed by atoms with Gasteiger partial charge in [0.1, 0.15) is 5.75 Å². The molecule has 2 unspecified atom stereocenters. The molecular weight excluding hydrogens is 262 g/mol. The molecule has 21 heavy (non-hydrogen) atoms. The second-order valence-corrected chi connectivity index (χ2v) is 6.74. The molecule has 2 atom stereocenters. The predicted octanol–water partition coefficient (Wildman–Crippen LogP) is 3.08. The Balaban J connectivity index is 1.41. The summed E-state index contributed by atoms with van der Waals surface area (Å²) < 4.78 is 5.30. The average molecular weight is 289 g/mol. The summed E-state index contributed by atoms with van der Waals surface area (Å²) in [4.78, 5) is 0. The molecule has 3 heteroatoms. The number of methoxy groups -OCH3 is 1. The van der Waals surface area contributed by atoms with E-state index in [9.17, 15) is 5.11 Å². The summed E-state index contributed by atoms with van der Waals surface area (Å²) in [5.41, 5.74) is 1.40. The lowest BCUT2D eigenvalue weighted by molar-refractivity contribution is 0.0976. The van der Waals surface area contributed by atoms with E-state index in [2.05, 4.69) is 23.5 Å². The van der Waals surface area contributed by atoms with Gasteiger partial charge in [0.15, 0.2) is 0 Å². The summed E-state index contributed by atoms with van der Waals surface area (Å²) in [6.45, 7) is 1.08. The van der Waals surface area contributed by atoms with Gasteiger partial charge in [0.05, 0.1) is 13.2 Å². The topological polar surface area (TPSA) is 41.5 Å². The van der Waals surface area contributed by atoms with Crippen molar-refractivity contribution >= 4 is 0 Å². The first-order chi connectivity index (χ1) is 10.2. The van der Waals surface area contributed by atoms with Gasteiger partial charge < -0.3 is 15.2 Å². The molecule has 0 aromatic heterocycles. The quantitative estimate of drug-likeness (QED) is 0.875. The zero-order valence-corrected chi connectivity index (χ0v) is 12.9. The summed E-state index contributed by atoms with van der Waals surface area (Å²) in [5, 5.41) is 13.4. The lowest BCUT2D eigenvalue weighted by Gasteiger charge is -2.38. The van der Waals surface area contributed by atoms with E-state index in [1.54, 1.807) is 7.11 Å². The Bertz CT molecular complexity index is 456. The molecule has 2 saturated carbocycles. The number of rotatable bonds is 5. The Labute approximate surface area is 127 Å². The molecule has 3 nitrogen and oxygen atoms in total. The van der Waals surface area contributed by atoms with Crippen LogP contribution in [0.3, 0.4) is 0 Å². The SMILES string of the molecule is COc1cccc(C2CC(NCC3CCCC(O)C3)C2)c1. The molecule has 2 N–H and O–H groups in total. The minimum atomic E-state index is -0.0588. The maximum absolute atomic E-state index is 9.72. The maximum Gasteiger partial charge on any atom is 0.119 e. The number of hydrogen-bond donors (Lipinski definition) is 2. The first kappa shape index (κ1) is 14.9. The summed E-state index contributed by atoms with van der Waals surface area (Å²) in [6.07, 6.45) is 6.83. The molecule has 2 aliphatic carbocycles. The van der Waals surface area contributed by atoms with Crippen molar-refractivity contribution in [3.63, 3.8) is 0 Å². The average Bonchev–Trinajstić information content (AvgIpc) is 2.46. The van der Waals surface area contributed by atoms with Gasteiger partial charge >= 0.3 is 0 Å². The van der Waals surface area contributed by atoms with Crippen molar-refractivity contribution in [3.8, 4) is 5.75 Å². The Hall–Kier alpha value is -1.06. The van der Waals surface area contributed by atoms with Gasteiger partial charge in [0.2, 0.25) is 0 Å². The van der Waals surface area contributed by atoms with Crippen LogP contribution in [0.15, 0.2) is 24.3 Å². The molecule has 0 spiro atoms. The van der Waals surface area contributed by atoms with E-state index >= 15 is 0 Å². The normalized spacial score (nSPS) is 32.5. The van der Waals surface area contributed by atoms with Crippen LogP contribution in [0.25, 0.3) is 0 Å². The minimum absolute atomic E-state index is 0.0588. The largest absolute Gasteiger partial charge is 0.497 e. The smallest absolute Gasteiger partial charge is 0.119 e. The molecule has 1 aromatic rings. The summed E-state index contributed by atoms with van der Waals surface area (Å²) in [5.74, 6) is 2.30. The third kappa shape index (κ3) is 3.78. The summed E-state index contributed by atoms with van der Waals surface area (Å²) in [6, 6.07) is 9.12. The molecule has 0 amide bonds. The Morgan fingerprint density at radius 1 is 1.24 bits per heavy atom. The fourth-order valence-corrected chi connectivity index (χ4v) is 3.73. The van der Waals surface area contributed by atoms with E-state index in [1.165, 1.54) is 31.2 Å². The Morgan fingerprint density at radius 3 is 2.86 bits per heavy atom. The lowest BCUT2D eigenvalue weighted by atomic mass is 9.75. The van der Waals surface area contributed by atoms with Crippen molar-refractivity contribution in [1.29, 1.82) is 0 Å². The van der Waals surface area contributed by atoms with Crippen LogP contribution in [-0.4, -0.2) is 30.9 Å². The van der Waals surface area contributed by atoms with E-state index in [0.29, 0.717) is 17.9 Å². The second kappa shape index (κ2) is 6.80. The van der Waals surface area contributed by atoms with Crippen molar-refractivity contribution in [2.45, 2.75) is 56.6 Å². The predicted molar refractivity (Wildman–Crippen MR) is 84.7 cm³/mol. The molecule has 2 fully saturated rings. The third-order valence-corrected chi connectivity index (χ3v) is 5.15. The molecule has 0 radical (unpaired) electrons. The Morgan fingerprint density at radius 2 is 2.10 bits per heavy atom. The van der Waals surface area contributed by atoms with E-state index in [4.69, 9.17) is 4.74 Å². The van der Waals surface area contributed by atoms with Gasteiger partial charge in [0, 0.05) is 6.04 Å². The van der Waals surface area contributed by atoms with Crippen LogP contribution >= 0.6 is 0 Å². The van der Waals surface area contributed by atoms with E-state index in [1.807, 2.05) is 6.07 Å². The molecule has 0 heterocycles. The third-order valence-electron chi connectivity index (χ3n) is 5.15. The Kier molecular flexibility index (Phi) is 4.81.